The molecular formula is C21H23N3O4. The van der Waals surface area contributed by atoms with Gasteiger partial charge in [0.05, 0.1) is 18.2 Å². The lowest BCUT2D eigenvalue weighted by Crippen LogP contribution is -2.28. The van der Waals surface area contributed by atoms with Crippen molar-refractivity contribution in [3.8, 4) is 5.75 Å². The van der Waals surface area contributed by atoms with Gasteiger partial charge in [-0.05, 0) is 43.3 Å². The number of carbonyl (C=O) groups is 3. The maximum Gasteiger partial charge on any atom is 0.251 e. The van der Waals surface area contributed by atoms with Gasteiger partial charge in [-0.15, -0.1) is 0 Å². The molecule has 1 aliphatic rings. The lowest BCUT2D eigenvalue weighted by Gasteiger charge is -2.20. The lowest BCUT2D eigenvalue weighted by molar-refractivity contribution is -0.122. The number of anilines is 2. The van der Waals surface area contributed by atoms with Crippen molar-refractivity contribution in [2.45, 2.75) is 13.3 Å². The average Bonchev–Trinajstić information content (AvgIpc) is 3.10. The summed E-state index contributed by atoms with van der Waals surface area (Å²) in [7, 11) is 1.56. The van der Waals surface area contributed by atoms with Gasteiger partial charge in [0, 0.05) is 31.3 Å². The Labute approximate surface area is 163 Å². The summed E-state index contributed by atoms with van der Waals surface area (Å²) >= 11 is 0. The van der Waals surface area contributed by atoms with Gasteiger partial charge >= 0.3 is 0 Å². The number of hydrogen-bond acceptors (Lipinski definition) is 4. The first-order valence-electron chi connectivity index (χ1n) is 9.18. The fourth-order valence-electron chi connectivity index (χ4n) is 3.17. The van der Waals surface area contributed by atoms with Gasteiger partial charge in [0.2, 0.25) is 11.8 Å². The van der Waals surface area contributed by atoms with Crippen LogP contribution in [0.5, 0.6) is 5.75 Å². The second-order valence-corrected chi connectivity index (χ2v) is 6.45. The molecule has 1 fully saturated rings. The zero-order valence-electron chi connectivity index (χ0n) is 15.9. The first-order valence-corrected chi connectivity index (χ1v) is 9.18. The zero-order chi connectivity index (χ0) is 20.1. The van der Waals surface area contributed by atoms with Crippen LogP contribution in [0.4, 0.5) is 11.4 Å². The van der Waals surface area contributed by atoms with Crippen LogP contribution in [0.2, 0.25) is 0 Å². The molecule has 0 aliphatic carbocycles. The second-order valence-electron chi connectivity index (χ2n) is 6.45. The third-order valence-corrected chi connectivity index (χ3v) is 4.59. The molecule has 2 N–H and O–H groups in total. The van der Waals surface area contributed by atoms with Crippen LogP contribution in [-0.4, -0.2) is 37.9 Å². The molecule has 3 amide bonds. The Hall–Kier alpha value is -3.35. The molecule has 7 nitrogen and oxygen atoms in total. The number of nitrogens with zero attached hydrogens (tertiary/aromatic N) is 1. The van der Waals surface area contributed by atoms with Gasteiger partial charge in [0.15, 0.2) is 0 Å². The predicted molar refractivity (Wildman–Crippen MR) is 107 cm³/mol. The quantitative estimate of drug-likeness (QED) is 0.805. The van der Waals surface area contributed by atoms with E-state index in [-0.39, 0.29) is 24.1 Å². The Balaban J connectivity index is 1.68. The fourth-order valence-corrected chi connectivity index (χ4v) is 3.17. The summed E-state index contributed by atoms with van der Waals surface area (Å²) in [5.41, 5.74) is 1.77. The highest BCUT2D eigenvalue weighted by molar-refractivity contribution is 6.04. The summed E-state index contributed by atoms with van der Waals surface area (Å²) in [6.07, 6.45) is 0.141. The smallest absolute Gasteiger partial charge is 0.251 e. The van der Waals surface area contributed by atoms with Gasteiger partial charge in [-0.25, -0.2) is 0 Å². The van der Waals surface area contributed by atoms with Crippen molar-refractivity contribution in [3.05, 3.63) is 54.1 Å². The Morgan fingerprint density at radius 2 is 1.86 bits per heavy atom. The van der Waals surface area contributed by atoms with Gasteiger partial charge in [-0.1, -0.05) is 12.1 Å². The van der Waals surface area contributed by atoms with Crippen LogP contribution in [0.25, 0.3) is 0 Å². The molecule has 7 heteroatoms. The molecule has 2 aromatic carbocycles. The Bertz CT molecular complexity index is 879. The van der Waals surface area contributed by atoms with Crippen LogP contribution in [0.1, 0.15) is 23.7 Å². The van der Waals surface area contributed by atoms with E-state index in [0.29, 0.717) is 35.8 Å². The molecule has 0 radical (unpaired) electrons. The maximum atomic E-state index is 12.6. The van der Waals surface area contributed by atoms with Crippen LogP contribution >= 0.6 is 0 Å². The van der Waals surface area contributed by atoms with E-state index in [1.165, 1.54) is 0 Å². The molecule has 0 aromatic heterocycles. The fraction of sp³-hybridized carbons (Fsp3) is 0.286. The number of rotatable bonds is 6. The number of amides is 3. The molecule has 0 saturated carbocycles. The third kappa shape index (κ3) is 4.14. The van der Waals surface area contributed by atoms with Gasteiger partial charge in [-0.2, -0.15) is 0 Å². The van der Waals surface area contributed by atoms with Crippen molar-refractivity contribution in [3.63, 3.8) is 0 Å². The summed E-state index contributed by atoms with van der Waals surface area (Å²) in [6, 6.07) is 13.9. The van der Waals surface area contributed by atoms with E-state index in [9.17, 15) is 14.4 Å². The molecule has 0 unspecified atom stereocenters. The molecule has 0 bridgehead atoms. The van der Waals surface area contributed by atoms with E-state index in [1.54, 1.807) is 36.2 Å². The SMILES string of the molecule is CCOc1ccccc1N1C[C@H](C(=O)Nc2ccc(C(=O)NC)cc2)CC1=O. The zero-order valence-corrected chi connectivity index (χ0v) is 15.9. The van der Waals surface area contributed by atoms with Crippen LogP contribution in [0, 0.1) is 5.92 Å². The molecular weight excluding hydrogens is 358 g/mol. The van der Waals surface area contributed by atoms with Crippen molar-refractivity contribution in [1.29, 1.82) is 0 Å². The highest BCUT2D eigenvalue weighted by Crippen LogP contribution is 2.33. The molecule has 1 saturated heterocycles. The number of benzene rings is 2. The maximum absolute atomic E-state index is 12.6. The number of para-hydroxylation sites is 2. The van der Waals surface area contributed by atoms with Crippen molar-refractivity contribution in [2.75, 3.05) is 30.4 Å². The second kappa shape index (κ2) is 8.56. The van der Waals surface area contributed by atoms with Gasteiger partial charge in [0.25, 0.3) is 5.91 Å². The van der Waals surface area contributed by atoms with E-state index in [1.807, 2.05) is 31.2 Å². The average molecular weight is 381 g/mol. The standard InChI is InChI=1S/C21H23N3O4/c1-3-28-18-7-5-4-6-17(18)24-13-15(12-19(24)25)21(27)23-16-10-8-14(9-11-16)20(26)22-2/h4-11,15H,3,12-13H2,1-2H3,(H,22,26)(H,23,27)/t15-/m1/s1. The number of nitrogens with one attached hydrogen (secondary N) is 2. The van der Waals surface area contributed by atoms with Gasteiger partial charge in [0.1, 0.15) is 5.75 Å². The highest BCUT2D eigenvalue weighted by atomic mass is 16.5. The van der Waals surface area contributed by atoms with E-state index in [0.717, 1.165) is 0 Å². The molecule has 0 spiro atoms. The predicted octanol–water partition coefficient (Wildman–Crippen LogP) is 2.44. The van der Waals surface area contributed by atoms with Crippen LogP contribution in [0.3, 0.4) is 0 Å². The van der Waals surface area contributed by atoms with Crippen molar-refractivity contribution < 1.29 is 19.1 Å². The Morgan fingerprint density at radius 3 is 2.54 bits per heavy atom. The Morgan fingerprint density at radius 1 is 1.14 bits per heavy atom. The summed E-state index contributed by atoms with van der Waals surface area (Å²) in [6.45, 7) is 2.67. The minimum absolute atomic E-state index is 0.109. The summed E-state index contributed by atoms with van der Waals surface area (Å²) in [4.78, 5) is 38.3. The van der Waals surface area contributed by atoms with Crippen LogP contribution in [0.15, 0.2) is 48.5 Å². The monoisotopic (exact) mass is 381 g/mol. The number of ether oxygens (including phenoxy) is 1. The van der Waals surface area contributed by atoms with E-state index in [2.05, 4.69) is 10.6 Å². The third-order valence-electron chi connectivity index (χ3n) is 4.59. The van der Waals surface area contributed by atoms with E-state index < -0.39 is 5.92 Å². The molecule has 2 aromatic rings. The Kier molecular flexibility index (Phi) is 5.93. The highest BCUT2D eigenvalue weighted by Gasteiger charge is 2.36. The van der Waals surface area contributed by atoms with Crippen LogP contribution < -0.4 is 20.3 Å². The van der Waals surface area contributed by atoms with Gasteiger partial charge < -0.3 is 20.3 Å². The first kappa shape index (κ1) is 19.4. The number of carbonyl (C=O) groups excluding carboxylic acids is 3. The summed E-state index contributed by atoms with van der Waals surface area (Å²) < 4.78 is 5.60. The molecule has 3 rings (SSSR count). The molecule has 1 aliphatic heterocycles. The summed E-state index contributed by atoms with van der Waals surface area (Å²) in [5, 5.41) is 5.37. The minimum atomic E-state index is -0.458. The summed E-state index contributed by atoms with van der Waals surface area (Å²) in [5.74, 6) is -0.354. The van der Waals surface area contributed by atoms with E-state index in [4.69, 9.17) is 4.74 Å². The van der Waals surface area contributed by atoms with Crippen LogP contribution in [-0.2, 0) is 9.59 Å². The molecule has 1 atom stereocenters. The lowest BCUT2D eigenvalue weighted by atomic mass is 10.1. The number of hydrogen-bond donors (Lipinski definition) is 2. The normalized spacial score (nSPS) is 16.0. The molecule has 146 valence electrons. The first-order chi connectivity index (χ1) is 13.5. The van der Waals surface area contributed by atoms with Gasteiger partial charge in [-0.3, -0.25) is 14.4 Å². The van der Waals surface area contributed by atoms with Crippen molar-refractivity contribution >= 4 is 29.1 Å². The van der Waals surface area contributed by atoms with Crippen molar-refractivity contribution in [2.24, 2.45) is 5.92 Å². The largest absolute Gasteiger partial charge is 0.492 e. The minimum Gasteiger partial charge on any atom is -0.492 e. The molecule has 1 heterocycles. The van der Waals surface area contributed by atoms with Crippen molar-refractivity contribution in [1.82, 2.24) is 5.32 Å². The molecule has 28 heavy (non-hydrogen) atoms. The topological polar surface area (TPSA) is 87.7 Å². The van der Waals surface area contributed by atoms with E-state index >= 15 is 0 Å².